The van der Waals surface area contributed by atoms with Crippen molar-refractivity contribution < 1.29 is 4.79 Å². The highest BCUT2D eigenvalue weighted by Gasteiger charge is 2.32. The molecule has 3 rings (SSSR count). The number of nitrogens with zero attached hydrogens (tertiary/aromatic N) is 3. The second kappa shape index (κ2) is 7.31. The Balaban J connectivity index is 1.92. The maximum absolute atomic E-state index is 12.7. The standard InChI is InChI=1S/C20H23N3OS/c1-5-22-19(24)18(12-16-11-15(4)23(13-16)14(2)3)25-20(22)21-17-9-7-6-8-10-17/h6-14H,5H2,1-4H3/b18-12+,21-20?. The summed E-state index contributed by atoms with van der Waals surface area (Å²) in [6.07, 6.45) is 4.07. The summed E-state index contributed by atoms with van der Waals surface area (Å²) in [4.78, 5) is 19.8. The highest BCUT2D eigenvalue weighted by atomic mass is 32.2. The van der Waals surface area contributed by atoms with Crippen molar-refractivity contribution >= 4 is 34.6 Å². The third-order valence-electron chi connectivity index (χ3n) is 4.11. The monoisotopic (exact) mass is 353 g/mol. The van der Waals surface area contributed by atoms with E-state index in [4.69, 9.17) is 0 Å². The molecule has 1 aliphatic rings. The molecule has 0 unspecified atom stereocenters. The quantitative estimate of drug-likeness (QED) is 0.725. The lowest BCUT2D eigenvalue weighted by Gasteiger charge is -2.11. The topological polar surface area (TPSA) is 37.6 Å². The van der Waals surface area contributed by atoms with Crippen LogP contribution in [0.1, 0.15) is 38.1 Å². The number of hydrogen-bond acceptors (Lipinski definition) is 3. The number of carbonyl (C=O) groups excluding carboxylic acids is 1. The number of aromatic nitrogens is 1. The largest absolute Gasteiger partial charge is 0.349 e. The maximum Gasteiger partial charge on any atom is 0.266 e. The molecule has 0 N–H and O–H groups in total. The summed E-state index contributed by atoms with van der Waals surface area (Å²) >= 11 is 1.44. The highest BCUT2D eigenvalue weighted by molar-refractivity contribution is 8.18. The molecule has 130 valence electrons. The lowest BCUT2D eigenvalue weighted by Crippen LogP contribution is -2.28. The first-order valence-corrected chi connectivity index (χ1v) is 9.35. The van der Waals surface area contributed by atoms with Crippen molar-refractivity contribution in [3.05, 3.63) is 58.8 Å². The Labute approximate surface area is 153 Å². The van der Waals surface area contributed by atoms with E-state index >= 15 is 0 Å². The Morgan fingerprint density at radius 1 is 1.24 bits per heavy atom. The Morgan fingerprint density at radius 3 is 2.56 bits per heavy atom. The molecule has 1 aromatic heterocycles. The van der Waals surface area contributed by atoms with Crippen molar-refractivity contribution in [2.24, 2.45) is 4.99 Å². The van der Waals surface area contributed by atoms with Crippen LogP contribution in [0.15, 0.2) is 52.5 Å². The fraction of sp³-hybridized carbons (Fsp3) is 0.300. The summed E-state index contributed by atoms with van der Waals surface area (Å²) in [6, 6.07) is 12.3. The number of carbonyl (C=O) groups is 1. The molecule has 0 radical (unpaired) electrons. The Kier molecular flexibility index (Phi) is 5.13. The van der Waals surface area contributed by atoms with Crippen LogP contribution >= 0.6 is 11.8 Å². The van der Waals surface area contributed by atoms with Crippen LogP contribution in [-0.2, 0) is 4.79 Å². The number of aliphatic imine (C=N–C) groups is 1. The van der Waals surface area contributed by atoms with E-state index in [0.717, 1.165) is 21.3 Å². The minimum atomic E-state index is 0.0251. The van der Waals surface area contributed by atoms with E-state index in [-0.39, 0.29) is 5.91 Å². The van der Waals surface area contributed by atoms with Crippen molar-refractivity contribution in [1.82, 2.24) is 9.47 Å². The number of rotatable bonds is 4. The second-order valence-corrected chi connectivity index (χ2v) is 7.31. The van der Waals surface area contributed by atoms with Gasteiger partial charge in [0, 0.05) is 24.5 Å². The minimum Gasteiger partial charge on any atom is -0.349 e. The van der Waals surface area contributed by atoms with Crippen LogP contribution in [0.4, 0.5) is 5.69 Å². The van der Waals surface area contributed by atoms with Crippen LogP contribution in [0.3, 0.4) is 0 Å². The van der Waals surface area contributed by atoms with Crippen molar-refractivity contribution in [1.29, 1.82) is 0 Å². The molecule has 0 bridgehead atoms. The summed E-state index contributed by atoms with van der Waals surface area (Å²) < 4.78 is 2.22. The fourth-order valence-corrected chi connectivity index (χ4v) is 3.95. The first-order chi connectivity index (χ1) is 12.0. The van der Waals surface area contributed by atoms with Gasteiger partial charge in [0.1, 0.15) is 0 Å². The number of aryl methyl sites for hydroxylation is 1. The van der Waals surface area contributed by atoms with Gasteiger partial charge in [0.05, 0.1) is 10.6 Å². The minimum absolute atomic E-state index is 0.0251. The second-order valence-electron chi connectivity index (χ2n) is 6.31. The molecular weight excluding hydrogens is 330 g/mol. The van der Waals surface area contributed by atoms with E-state index in [9.17, 15) is 4.79 Å². The van der Waals surface area contributed by atoms with Crippen LogP contribution in [-0.4, -0.2) is 27.1 Å². The molecule has 2 aromatic rings. The molecular formula is C20H23N3OS. The first-order valence-electron chi connectivity index (χ1n) is 8.53. The van der Waals surface area contributed by atoms with E-state index in [1.807, 2.05) is 43.3 Å². The van der Waals surface area contributed by atoms with Gasteiger partial charge in [-0.2, -0.15) is 0 Å². The van der Waals surface area contributed by atoms with Crippen LogP contribution in [0.5, 0.6) is 0 Å². The molecule has 1 amide bonds. The summed E-state index contributed by atoms with van der Waals surface area (Å²) in [5.41, 5.74) is 3.11. The normalized spacial score (nSPS) is 18.1. The van der Waals surface area contributed by atoms with Crippen molar-refractivity contribution in [2.45, 2.75) is 33.7 Å². The van der Waals surface area contributed by atoms with Crippen LogP contribution in [0.2, 0.25) is 0 Å². The van der Waals surface area contributed by atoms with Gasteiger partial charge in [-0.05, 0) is 69.3 Å². The first kappa shape index (κ1) is 17.5. The van der Waals surface area contributed by atoms with Gasteiger partial charge in [-0.25, -0.2) is 4.99 Å². The number of benzene rings is 1. The predicted octanol–water partition coefficient (Wildman–Crippen LogP) is 5.00. The van der Waals surface area contributed by atoms with E-state index in [0.29, 0.717) is 12.6 Å². The van der Waals surface area contributed by atoms with Gasteiger partial charge >= 0.3 is 0 Å². The zero-order valence-corrected chi connectivity index (χ0v) is 15.9. The number of hydrogen-bond donors (Lipinski definition) is 0. The molecule has 0 saturated carbocycles. The molecule has 25 heavy (non-hydrogen) atoms. The van der Waals surface area contributed by atoms with Crippen LogP contribution in [0.25, 0.3) is 6.08 Å². The van der Waals surface area contributed by atoms with Crippen LogP contribution in [0, 0.1) is 6.92 Å². The molecule has 0 atom stereocenters. The summed E-state index contributed by atoms with van der Waals surface area (Å²) in [6.45, 7) is 8.99. The van der Waals surface area contributed by atoms with Gasteiger partial charge in [-0.1, -0.05) is 18.2 Å². The fourth-order valence-electron chi connectivity index (χ4n) is 2.89. The lowest BCUT2D eigenvalue weighted by atomic mass is 10.3. The Morgan fingerprint density at radius 2 is 1.96 bits per heavy atom. The molecule has 1 fully saturated rings. The number of para-hydroxylation sites is 1. The number of amides is 1. The van der Waals surface area contributed by atoms with Crippen LogP contribution < -0.4 is 0 Å². The Bertz CT molecular complexity index is 834. The maximum atomic E-state index is 12.7. The number of amidine groups is 1. The van der Waals surface area contributed by atoms with Gasteiger partial charge < -0.3 is 4.57 Å². The zero-order chi connectivity index (χ0) is 18.0. The molecule has 2 heterocycles. The van der Waals surface area contributed by atoms with Crippen molar-refractivity contribution in [3.63, 3.8) is 0 Å². The van der Waals surface area contributed by atoms with Gasteiger partial charge in [0.15, 0.2) is 5.17 Å². The zero-order valence-electron chi connectivity index (χ0n) is 15.1. The Hall–Kier alpha value is -2.27. The molecule has 1 aliphatic heterocycles. The third-order valence-corrected chi connectivity index (χ3v) is 5.12. The van der Waals surface area contributed by atoms with E-state index in [2.05, 4.69) is 42.6 Å². The van der Waals surface area contributed by atoms with Crippen molar-refractivity contribution in [3.8, 4) is 0 Å². The smallest absolute Gasteiger partial charge is 0.266 e. The molecule has 5 heteroatoms. The lowest BCUT2D eigenvalue weighted by molar-refractivity contribution is -0.122. The number of thioether (sulfide) groups is 1. The average molecular weight is 353 g/mol. The van der Waals surface area contributed by atoms with Gasteiger partial charge in [0.25, 0.3) is 5.91 Å². The van der Waals surface area contributed by atoms with Gasteiger partial charge in [-0.15, -0.1) is 0 Å². The summed E-state index contributed by atoms with van der Waals surface area (Å²) in [7, 11) is 0. The molecule has 1 saturated heterocycles. The highest BCUT2D eigenvalue weighted by Crippen LogP contribution is 2.34. The SMILES string of the molecule is CCN1C(=O)/C(=C\c2cc(C)n(C(C)C)c2)SC1=Nc1ccccc1. The van der Waals surface area contributed by atoms with Crippen molar-refractivity contribution in [2.75, 3.05) is 6.54 Å². The molecule has 4 nitrogen and oxygen atoms in total. The van der Waals surface area contributed by atoms with E-state index < -0.39 is 0 Å². The van der Waals surface area contributed by atoms with E-state index in [1.165, 1.54) is 17.5 Å². The third kappa shape index (κ3) is 3.71. The molecule has 1 aromatic carbocycles. The molecule has 0 spiro atoms. The summed E-state index contributed by atoms with van der Waals surface area (Å²) in [5, 5.41) is 0.741. The van der Waals surface area contributed by atoms with Gasteiger partial charge in [0.2, 0.25) is 0 Å². The molecule has 0 aliphatic carbocycles. The van der Waals surface area contributed by atoms with Gasteiger partial charge in [-0.3, -0.25) is 9.69 Å². The summed E-state index contributed by atoms with van der Waals surface area (Å²) in [5.74, 6) is 0.0251. The average Bonchev–Trinajstić information content (AvgIpc) is 3.09. The van der Waals surface area contributed by atoms with E-state index in [1.54, 1.807) is 4.90 Å². The number of likely N-dealkylation sites (N-methyl/N-ethyl adjacent to an activating group) is 1. The predicted molar refractivity (Wildman–Crippen MR) is 106 cm³/mol.